The van der Waals surface area contributed by atoms with E-state index in [1.807, 2.05) is 19.9 Å². The van der Waals surface area contributed by atoms with Gasteiger partial charge in [-0.15, -0.1) is 0 Å². The highest BCUT2D eigenvalue weighted by molar-refractivity contribution is 4.96. The molecule has 0 aromatic carbocycles. The summed E-state index contributed by atoms with van der Waals surface area (Å²) in [6.45, 7) is 6.39. The van der Waals surface area contributed by atoms with Crippen molar-refractivity contribution in [1.82, 2.24) is 15.3 Å². The van der Waals surface area contributed by atoms with Gasteiger partial charge in [0, 0.05) is 19.3 Å². The average Bonchev–Trinajstić information content (AvgIpc) is 2.39. The second-order valence-electron chi connectivity index (χ2n) is 4.48. The Hall–Kier alpha value is -1.08. The number of hydrogen-bond acceptors (Lipinski definition) is 6. The SMILES string of the molecule is CC(C)OCCOCC(O)CNCc1ccncn1. The first kappa shape index (κ1) is 16.0. The Morgan fingerprint density at radius 2 is 2.21 bits per heavy atom. The van der Waals surface area contributed by atoms with Crippen LogP contribution in [0.15, 0.2) is 18.6 Å². The minimum Gasteiger partial charge on any atom is -0.389 e. The number of ether oxygens (including phenoxy) is 2. The standard InChI is InChI=1S/C13H23N3O3/c1-11(2)19-6-5-18-9-13(17)8-15-7-12-3-4-14-10-16-12/h3-4,10-11,13,15,17H,5-9H2,1-2H3. The predicted octanol–water partition coefficient (Wildman–Crippen LogP) is 0.369. The van der Waals surface area contributed by atoms with E-state index < -0.39 is 6.10 Å². The summed E-state index contributed by atoms with van der Waals surface area (Å²) in [7, 11) is 0. The van der Waals surface area contributed by atoms with Gasteiger partial charge >= 0.3 is 0 Å². The Labute approximate surface area is 114 Å². The third-order valence-electron chi connectivity index (χ3n) is 2.32. The van der Waals surface area contributed by atoms with Gasteiger partial charge in [0.05, 0.1) is 37.7 Å². The van der Waals surface area contributed by atoms with Gasteiger partial charge in [0.25, 0.3) is 0 Å². The van der Waals surface area contributed by atoms with E-state index in [4.69, 9.17) is 9.47 Å². The highest BCUT2D eigenvalue weighted by Crippen LogP contribution is 1.92. The smallest absolute Gasteiger partial charge is 0.115 e. The van der Waals surface area contributed by atoms with E-state index in [9.17, 15) is 5.11 Å². The molecule has 1 heterocycles. The number of aromatic nitrogens is 2. The molecule has 0 bridgehead atoms. The Kier molecular flexibility index (Phi) is 8.24. The van der Waals surface area contributed by atoms with Crippen LogP contribution in [0.5, 0.6) is 0 Å². The second-order valence-corrected chi connectivity index (χ2v) is 4.48. The first-order valence-electron chi connectivity index (χ1n) is 6.51. The number of nitrogens with one attached hydrogen (secondary N) is 1. The van der Waals surface area contributed by atoms with Gasteiger partial charge in [-0.2, -0.15) is 0 Å². The predicted molar refractivity (Wildman–Crippen MR) is 71.7 cm³/mol. The van der Waals surface area contributed by atoms with Crippen molar-refractivity contribution < 1.29 is 14.6 Å². The van der Waals surface area contributed by atoms with Crippen molar-refractivity contribution in [3.05, 3.63) is 24.3 Å². The molecule has 0 saturated heterocycles. The lowest BCUT2D eigenvalue weighted by atomic mass is 10.3. The summed E-state index contributed by atoms with van der Waals surface area (Å²) in [4.78, 5) is 7.91. The van der Waals surface area contributed by atoms with Crippen LogP contribution in [-0.2, 0) is 16.0 Å². The average molecular weight is 269 g/mol. The zero-order valence-electron chi connectivity index (χ0n) is 11.6. The van der Waals surface area contributed by atoms with Crippen molar-refractivity contribution in [2.75, 3.05) is 26.4 Å². The van der Waals surface area contributed by atoms with Crippen LogP contribution in [0.25, 0.3) is 0 Å². The Morgan fingerprint density at radius 3 is 2.89 bits per heavy atom. The molecule has 0 aliphatic carbocycles. The maximum atomic E-state index is 9.67. The minimum absolute atomic E-state index is 0.211. The molecule has 0 aliphatic heterocycles. The molecule has 1 atom stereocenters. The fourth-order valence-corrected chi connectivity index (χ4v) is 1.41. The molecule has 0 saturated carbocycles. The molecule has 6 nitrogen and oxygen atoms in total. The summed E-state index contributed by atoms with van der Waals surface area (Å²) >= 11 is 0. The van der Waals surface area contributed by atoms with Crippen LogP contribution in [0.1, 0.15) is 19.5 Å². The number of nitrogens with zero attached hydrogens (tertiary/aromatic N) is 2. The van der Waals surface area contributed by atoms with Crippen LogP contribution in [-0.4, -0.2) is 53.6 Å². The monoisotopic (exact) mass is 269 g/mol. The Morgan fingerprint density at radius 1 is 1.37 bits per heavy atom. The summed E-state index contributed by atoms with van der Waals surface area (Å²) in [6.07, 6.45) is 2.88. The maximum Gasteiger partial charge on any atom is 0.115 e. The van der Waals surface area contributed by atoms with Gasteiger partial charge in [0.2, 0.25) is 0 Å². The molecular weight excluding hydrogens is 246 g/mol. The van der Waals surface area contributed by atoms with E-state index in [1.54, 1.807) is 6.20 Å². The molecule has 0 fully saturated rings. The van der Waals surface area contributed by atoms with E-state index in [-0.39, 0.29) is 6.10 Å². The highest BCUT2D eigenvalue weighted by Gasteiger charge is 2.04. The first-order valence-corrected chi connectivity index (χ1v) is 6.51. The molecule has 1 aromatic heterocycles. The van der Waals surface area contributed by atoms with Crippen molar-refractivity contribution in [1.29, 1.82) is 0 Å². The van der Waals surface area contributed by atoms with E-state index in [0.29, 0.717) is 32.9 Å². The number of aliphatic hydroxyl groups excluding tert-OH is 1. The summed E-state index contributed by atoms with van der Waals surface area (Å²) in [6, 6.07) is 1.83. The van der Waals surface area contributed by atoms with Crippen molar-refractivity contribution >= 4 is 0 Å². The zero-order valence-corrected chi connectivity index (χ0v) is 11.6. The zero-order chi connectivity index (χ0) is 13.9. The van der Waals surface area contributed by atoms with Gasteiger partial charge in [-0.05, 0) is 19.9 Å². The van der Waals surface area contributed by atoms with Crippen molar-refractivity contribution in [2.24, 2.45) is 0 Å². The van der Waals surface area contributed by atoms with Gasteiger partial charge in [-0.3, -0.25) is 0 Å². The molecule has 0 radical (unpaired) electrons. The van der Waals surface area contributed by atoms with Gasteiger partial charge in [-0.1, -0.05) is 0 Å². The summed E-state index contributed by atoms with van der Waals surface area (Å²) < 4.78 is 10.6. The van der Waals surface area contributed by atoms with Crippen LogP contribution >= 0.6 is 0 Å². The summed E-state index contributed by atoms with van der Waals surface area (Å²) in [5, 5.41) is 12.8. The number of hydrogen-bond donors (Lipinski definition) is 2. The fourth-order valence-electron chi connectivity index (χ4n) is 1.41. The van der Waals surface area contributed by atoms with Gasteiger partial charge in [0.1, 0.15) is 6.33 Å². The van der Waals surface area contributed by atoms with Crippen LogP contribution < -0.4 is 5.32 Å². The van der Waals surface area contributed by atoms with Crippen LogP contribution in [0.2, 0.25) is 0 Å². The third kappa shape index (κ3) is 8.61. The number of rotatable bonds is 10. The molecule has 108 valence electrons. The van der Waals surface area contributed by atoms with E-state index in [2.05, 4.69) is 15.3 Å². The van der Waals surface area contributed by atoms with E-state index in [0.717, 1.165) is 5.69 Å². The van der Waals surface area contributed by atoms with Crippen molar-refractivity contribution in [3.63, 3.8) is 0 Å². The third-order valence-corrected chi connectivity index (χ3v) is 2.32. The Balaban J connectivity index is 1.97. The van der Waals surface area contributed by atoms with Crippen LogP contribution in [0.3, 0.4) is 0 Å². The van der Waals surface area contributed by atoms with Gasteiger partial charge < -0.3 is 19.9 Å². The molecule has 2 N–H and O–H groups in total. The quantitative estimate of drug-likeness (QED) is 0.598. The minimum atomic E-state index is -0.527. The molecule has 1 aromatic rings. The maximum absolute atomic E-state index is 9.67. The van der Waals surface area contributed by atoms with Crippen molar-refractivity contribution in [3.8, 4) is 0 Å². The molecule has 0 amide bonds. The lowest BCUT2D eigenvalue weighted by Gasteiger charge is -2.13. The molecule has 1 unspecified atom stereocenters. The summed E-state index contributed by atoms with van der Waals surface area (Å²) in [5.74, 6) is 0. The number of aliphatic hydroxyl groups is 1. The fraction of sp³-hybridized carbons (Fsp3) is 0.692. The van der Waals surface area contributed by atoms with E-state index >= 15 is 0 Å². The lowest BCUT2D eigenvalue weighted by molar-refractivity contribution is -0.0100. The molecule has 0 aliphatic rings. The molecule has 19 heavy (non-hydrogen) atoms. The molecule has 6 heteroatoms. The lowest BCUT2D eigenvalue weighted by Crippen LogP contribution is -2.30. The molecule has 1 rings (SSSR count). The van der Waals surface area contributed by atoms with E-state index in [1.165, 1.54) is 6.33 Å². The van der Waals surface area contributed by atoms with Crippen molar-refractivity contribution in [2.45, 2.75) is 32.6 Å². The molecular formula is C13H23N3O3. The summed E-state index contributed by atoms with van der Waals surface area (Å²) in [5.41, 5.74) is 0.897. The first-order chi connectivity index (χ1) is 9.18. The second kappa shape index (κ2) is 9.80. The largest absolute Gasteiger partial charge is 0.389 e. The van der Waals surface area contributed by atoms with Crippen LogP contribution in [0, 0.1) is 0 Å². The van der Waals surface area contributed by atoms with Gasteiger partial charge in [-0.25, -0.2) is 9.97 Å². The Bertz CT molecular complexity index is 322. The van der Waals surface area contributed by atoms with Gasteiger partial charge in [0.15, 0.2) is 0 Å². The highest BCUT2D eigenvalue weighted by atomic mass is 16.5. The normalized spacial score (nSPS) is 12.8. The van der Waals surface area contributed by atoms with Crippen LogP contribution in [0.4, 0.5) is 0 Å². The molecule has 0 spiro atoms. The topological polar surface area (TPSA) is 76.5 Å².